The third-order valence-corrected chi connectivity index (χ3v) is 5.64. The third-order valence-electron chi connectivity index (χ3n) is 5.33. The molecule has 1 amide bonds. The quantitative estimate of drug-likeness (QED) is 0.547. The van der Waals surface area contributed by atoms with Crippen LogP contribution in [-0.4, -0.2) is 11.1 Å². The maximum atomic E-state index is 12.5. The van der Waals surface area contributed by atoms with Gasteiger partial charge in [0.2, 0.25) is 0 Å². The normalized spacial score (nSPS) is 13.7. The molecule has 0 bridgehead atoms. The summed E-state index contributed by atoms with van der Waals surface area (Å²) in [5.74, 6) is 7.30. The highest BCUT2D eigenvalue weighted by Crippen LogP contribution is 2.24. The molecule has 0 atom stereocenters. The summed E-state index contributed by atoms with van der Waals surface area (Å²) < 4.78 is 5.35. The van der Waals surface area contributed by atoms with Gasteiger partial charge in [0.15, 0.2) is 5.76 Å². The molecule has 4 nitrogen and oxygen atoms in total. The average Bonchev–Trinajstić information content (AvgIpc) is 3.44. The number of benzene rings is 2. The van der Waals surface area contributed by atoms with Gasteiger partial charge in [-0.3, -0.25) is 4.79 Å². The van der Waals surface area contributed by atoms with E-state index in [-0.39, 0.29) is 12.5 Å². The number of aromatic nitrogens is 1. The predicted octanol–water partition coefficient (Wildman–Crippen LogP) is 5.78. The molecule has 0 spiro atoms. The first-order valence-electron chi connectivity index (χ1n) is 10.2. The Morgan fingerprint density at radius 2 is 1.93 bits per heavy atom. The number of hydrogen-bond donors (Lipinski definition) is 1. The van der Waals surface area contributed by atoms with Gasteiger partial charge in [-0.25, -0.2) is 0 Å². The van der Waals surface area contributed by atoms with Crippen molar-refractivity contribution >= 4 is 17.5 Å². The number of carbonyl (C=O) groups excluding carboxylic acids is 1. The minimum atomic E-state index is -0.222. The van der Waals surface area contributed by atoms with Gasteiger partial charge >= 0.3 is 0 Å². The minimum Gasteiger partial charge on any atom is -0.359 e. The Kier molecular flexibility index (Phi) is 6.21. The van der Waals surface area contributed by atoms with Gasteiger partial charge in [0.05, 0.1) is 11.6 Å². The Labute approximate surface area is 181 Å². The van der Waals surface area contributed by atoms with Crippen molar-refractivity contribution in [3.05, 3.63) is 76.0 Å². The van der Waals surface area contributed by atoms with Crippen LogP contribution in [0.25, 0.3) is 11.3 Å². The lowest BCUT2D eigenvalue weighted by atomic mass is 10.1. The summed E-state index contributed by atoms with van der Waals surface area (Å²) in [5.41, 5.74) is 4.15. The molecule has 0 saturated heterocycles. The molecule has 2 aromatic carbocycles. The van der Waals surface area contributed by atoms with Crippen LogP contribution in [0.3, 0.4) is 0 Å². The molecule has 30 heavy (non-hydrogen) atoms. The first-order valence-corrected chi connectivity index (χ1v) is 10.6. The van der Waals surface area contributed by atoms with Crippen molar-refractivity contribution in [3.8, 4) is 23.1 Å². The van der Waals surface area contributed by atoms with Crippen LogP contribution in [0.15, 0.2) is 53.1 Å². The minimum absolute atomic E-state index is 0.222. The highest BCUT2D eigenvalue weighted by atomic mass is 35.5. The van der Waals surface area contributed by atoms with E-state index < -0.39 is 0 Å². The van der Waals surface area contributed by atoms with Gasteiger partial charge in [-0.05, 0) is 38.0 Å². The van der Waals surface area contributed by atoms with E-state index in [4.69, 9.17) is 16.1 Å². The molecule has 1 N–H and O–H groups in total. The Morgan fingerprint density at radius 1 is 1.17 bits per heavy atom. The van der Waals surface area contributed by atoms with Crippen LogP contribution in [-0.2, 0) is 6.54 Å². The summed E-state index contributed by atoms with van der Waals surface area (Å²) in [7, 11) is 0. The number of amides is 1. The van der Waals surface area contributed by atoms with E-state index in [1.54, 1.807) is 12.1 Å². The first kappa shape index (κ1) is 20.3. The maximum Gasteiger partial charge on any atom is 0.251 e. The summed E-state index contributed by atoms with van der Waals surface area (Å²) in [4.78, 5) is 12.5. The molecule has 1 heterocycles. The summed E-state index contributed by atoms with van der Waals surface area (Å²) in [5, 5.41) is 7.42. The number of aryl methyl sites for hydroxylation is 1. The molecule has 0 unspecified atom stereocenters. The van der Waals surface area contributed by atoms with Crippen molar-refractivity contribution in [1.82, 2.24) is 10.5 Å². The van der Waals surface area contributed by atoms with Crippen LogP contribution >= 0.6 is 11.6 Å². The number of halogens is 1. The van der Waals surface area contributed by atoms with Crippen LogP contribution in [0.5, 0.6) is 0 Å². The summed E-state index contributed by atoms with van der Waals surface area (Å²) in [6, 6.07) is 15.1. The van der Waals surface area contributed by atoms with Crippen LogP contribution in [0.2, 0.25) is 5.02 Å². The Morgan fingerprint density at radius 3 is 2.67 bits per heavy atom. The van der Waals surface area contributed by atoms with E-state index in [0.717, 1.165) is 16.8 Å². The van der Waals surface area contributed by atoms with Crippen LogP contribution in [0.1, 0.15) is 52.9 Å². The van der Waals surface area contributed by atoms with Gasteiger partial charge in [0, 0.05) is 28.7 Å². The zero-order valence-electron chi connectivity index (χ0n) is 16.9. The standard InChI is InChI=1S/C25H23ClN2O2/c1-17-6-9-20(10-7-17)24-15-22(30-28-24)16-27-25(29)21-13-12-19(23(26)14-21)11-8-18-4-2-3-5-18/h6-7,9-10,12-15,18H,2-5,16H2,1H3,(H,27,29). The molecule has 5 heteroatoms. The summed E-state index contributed by atoms with van der Waals surface area (Å²) >= 11 is 6.35. The Hall–Kier alpha value is -3.03. The molecular weight excluding hydrogens is 396 g/mol. The molecule has 152 valence electrons. The summed E-state index contributed by atoms with van der Waals surface area (Å²) in [6.45, 7) is 2.28. The zero-order valence-corrected chi connectivity index (χ0v) is 17.6. The van der Waals surface area contributed by atoms with Gasteiger partial charge in [-0.1, -0.05) is 71.3 Å². The van der Waals surface area contributed by atoms with Crippen molar-refractivity contribution in [2.45, 2.75) is 39.2 Å². The molecular formula is C25H23ClN2O2. The van der Waals surface area contributed by atoms with Crippen molar-refractivity contribution in [1.29, 1.82) is 0 Å². The maximum absolute atomic E-state index is 12.5. The van der Waals surface area contributed by atoms with Crippen LogP contribution in [0.4, 0.5) is 0 Å². The average molecular weight is 419 g/mol. The molecule has 0 aliphatic heterocycles. The van der Waals surface area contributed by atoms with E-state index in [1.165, 1.54) is 31.2 Å². The molecule has 1 fully saturated rings. The molecule has 1 aromatic heterocycles. The van der Waals surface area contributed by atoms with Gasteiger partial charge in [-0.15, -0.1) is 0 Å². The van der Waals surface area contributed by atoms with Gasteiger partial charge in [0.25, 0.3) is 5.91 Å². The number of carbonyl (C=O) groups is 1. The van der Waals surface area contributed by atoms with Crippen LogP contribution < -0.4 is 5.32 Å². The molecule has 1 aliphatic carbocycles. The molecule has 1 aliphatic rings. The first-order chi connectivity index (χ1) is 14.6. The fraction of sp³-hybridized carbons (Fsp3) is 0.280. The topological polar surface area (TPSA) is 55.1 Å². The van der Waals surface area contributed by atoms with Crippen molar-refractivity contribution in [3.63, 3.8) is 0 Å². The fourth-order valence-electron chi connectivity index (χ4n) is 3.53. The lowest BCUT2D eigenvalue weighted by Crippen LogP contribution is -2.22. The highest BCUT2D eigenvalue weighted by Gasteiger charge is 2.13. The fourth-order valence-corrected chi connectivity index (χ4v) is 3.76. The van der Waals surface area contributed by atoms with Gasteiger partial charge in [-0.2, -0.15) is 0 Å². The lowest BCUT2D eigenvalue weighted by Gasteiger charge is -2.05. The molecule has 0 radical (unpaired) electrons. The predicted molar refractivity (Wildman–Crippen MR) is 118 cm³/mol. The van der Waals surface area contributed by atoms with E-state index >= 15 is 0 Å². The Balaban J connectivity index is 1.37. The second-order valence-corrected chi connectivity index (χ2v) is 8.08. The summed E-state index contributed by atoms with van der Waals surface area (Å²) in [6.07, 6.45) is 4.84. The van der Waals surface area contributed by atoms with Crippen LogP contribution in [0, 0.1) is 24.7 Å². The van der Waals surface area contributed by atoms with E-state index in [1.807, 2.05) is 43.3 Å². The van der Waals surface area contributed by atoms with Crippen molar-refractivity contribution < 1.29 is 9.32 Å². The number of rotatable bonds is 4. The van der Waals surface area contributed by atoms with Gasteiger partial charge in [0.1, 0.15) is 5.69 Å². The molecule has 1 saturated carbocycles. The zero-order chi connectivity index (χ0) is 20.9. The third kappa shape index (κ3) is 4.93. The second-order valence-electron chi connectivity index (χ2n) is 7.67. The Bertz CT molecular complexity index is 1100. The smallest absolute Gasteiger partial charge is 0.251 e. The van der Waals surface area contributed by atoms with E-state index in [0.29, 0.717) is 22.3 Å². The monoisotopic (exact) mass is 418 g/mol. The van der Waals surface area contributed by atoms with Gasteiger partial charge < -0.3 is 9.84 Å². The second kappa shape index (κ2) is 9.19. The SMILES string of the molecule is Cc1ccc(-c2cc(CNC(=O)c3ccc(C#CC4CCCC4)c(Cl)c3)on2)cc1. The highest BCUT2D eigenvalue weighted by molar-refractivity contribution is 6.32. The number of nitrogens with one attached hydrogen (secondary N) is 1. The van der Waals surface area contributed by atoms with Crippen molar-refractivity contribution in [2.24, 2.45) is 5.92 Å². The number of nitrogens with zero attached hydrogens (tertiary/aromatic N) is 1. The molecule has 4 rings (SSSR count). The lowest BCUT2D eigenvalue weighted by molar-refractivity contribution is 0.0947. The number of hydrogen-bond acceptors (Lipinski definition) is 3. The van der Waals surface area contributed by atoms with Crippen molar-refractivity contribution in [2.75, 3.05) is 0 Å². The largest absolute Gasteiger partial charge is 0.359 e. The van der Waals surface area contributed by atoms with E-state index in [9.17, 15) is 4.79 Å². The molecule has 3 aromatic rings. The van der Waals surface area contributed by atoms with E-state index in [2.05, 4.69) is 22.3 Å².